The number of rotatable bonds is 0. The van der Waals surface area contributed by atoms with E-state index in [1.54, 1.807) is 11.9 Å². The summed E-state index contributed by atoms with van der Waals surface area (Å²) in [6.45, 7) is 8.25. The molecule has 0 bridgehead atoms. The Kier molecular flexibility index (Phi) is 3.37. The van der Waals surface area contributed by atoms with E-state index in [9.17, 15) is 4.79 Å². The summed E-state index contributed by atoms with van der Waals surface area (Å²) in [6.07, 6.45) is 0.615. The van der Waals surface area contributed by atoms with Crippen LogP contribution in [-0.2, 0) is 4.74 Å². The molecule has 0 N–H and O–H groups in total. The second-order valence-corrected chi connectivity index (χ2v) is 4.95. The fourth-order valence-corrected chi connectivity index (χ4v) is 1.60. The number of carbonyl (C=O) groups excluding carboxylic acids is 1. The average molecular weight is 212 g/mol. The summed E-state index contributed by atoms with van der Waals surface area (Å²) < 4.78 is 5.32. The van der Waals surface area contributed by atoms with Gasteiger partial charge in [0.05, 0.1) is 6.54 Å². The van der Waals surface area contributed by atoms with E-state index < -0.39 is 5.60 Å². The largest absolute Gasteiger partial charge is 0.444 e. The Morgan fingerprint density at radius 1 is 1.53 bits per heavy atom. The zero-order valence-corrected chi connectivity index (χ0v) is 10.2. The van der Waals surface area contributed by atoms with Crippen LogP contribution in [0.2, 0.25) is 0 Å². The molecule has 0 saturated carbocycles. The van der Waals surface area contributed by atoms with Gasteiger partial charge in [0.15, 0.2) is 0 Å². The van der Waals surface area contributed by atoms with Crippen molar-refractivity contribution in [2.45, 2.75) is 45.8 Å². The smallest absolute Gasteiger partial charge is 0.410 e. The van der Waals surface area contributed by atoms with Gasteiger partial charge >= 0.3 is 6.09 Å². The van der Waals surface area contributed by atoms with E-state index >= 15 is 0 Å². The highest BCUT2D eigenvalue weighted by atomic mass is 16.6. The second kappa shape index (κ2) is 4.21. The first-order valence-corrected chi connectivity index (χ1v) is 5.27. The van der Waals surface area contributed by atoms with Gasteiger partial charge in [0.2, 0.25) is 0 Å². The maximum absolute atomic E-state index is 11.8. The van der Waals surface area contributed by atoms with E-state index in [0.29, 0.717) is 6.54 Å². The number of ether oxygens (including phenoxy) is 1. The van der Waals surface area contributed by atoms with E-state index in [0.717, 1.165) is 12.1 Å². The molecule has 1 heterocycles. The molecule has 4 nitrogen and oxygen atoms in total. The molecule has 1 rings (SSSR count). The van der Waals surface area contributed by atoms with Crippen LogP contribution in [-0.4, -0.2) is 41.9 Å². The van der Waals surface area contributed by atoms with Crippen LogP contribution < -0.4 is 0 Å². The third kappa shape index (κ3) is 3.22. The normalized spacial score (nSPS) is 24.7. The van der Waals surface area contributed by atoms with Gasteiger partial charge in [0, 0.05) is 25.2 Å². The average Bonchev–Trinajstić information content (AvgIpc) is 2.43. The minimum Gasteiger partial charge on any atom is -0.444 e. The maximum atomic E-state index is 11.8. The first kappa shape index (κ1) is 12.0. The Labute approximate surface area is 91.3 Å². The van der Waals surface area contributed by atoms with E-state index in [4.69, 9.17) is 4.74 Å². The van der Waals surface area contributed by atoms with Gasteiger partial charge in [-0.1, -0.05) is 0 Å². The number of likely N-dealkylation sites (tertiary alicyclic amines) is 1. The molecular weight excluding hydrogens is 192 g/mol. The van der Waals surface area contributed by atoms with Gasteiger partial charge in [-0.25, -0.2) is 4.79 Å². The SMILES string of the molecule is C/N=C1/C[C@@H](C)N(C(=O)OC(C)(C)C)C1. The standard InChI is InChI=1S/C11H20N2O2/c1-8-6-9(12-5)7-13(8)10(14)15-11(2,3)4/h8H,6-7H2,1-5H3/b12-9-/t8-/m1/s1. The number of nitrogens with zero attached hydrogens (tertiary/aromatic N) is 2. The first-order valence-electron chi connectivity index (χ1n) is 5.27. The molecule has 0 aromatic heterocycles. The van der Waals surface area contributed by atoms with E-state index in [-0.39, 0.29) is 12.1 Å². The monoisotopic (exact) mass is 212 g/mol. The van der Waals surface area contributed by atoms with Crippen LogP contribution >= 0.6 is 0 Å². The summed E-state index contributed by atoms with van der Waals surface area (Å²) in [4.78, 5) is 17.6. The molecule has 1 amide bonds. The van der Waals surface area contributed by atoms with Crippen molar-refractivity contribution in [2.75, 3.05) is 13.6 Å². The third-order valence-electron chi connectivity index (χ3n) is 2.36. The Hall–Kier alpha value is -1.06. The Morgan fingerprint density at radius 2 is 2.13 bits per heavy atom. The van der Waals surface area contributed by atoms with Crippen molar-refractivity contribution in [1.82, 2.24) is 4.90 Å². The van der Waals surface area contributed by atoms with E-state index in [1.807, 2.05) is 27.7 Å². The maximum Gasteiger partial charge on any atom is 0.410 e. The third-order valence-corrected chi connectivity index (χ3v) is 2.36. The summed E-state index contributed by atoms with van der Waals surface area (Å²) in [5.74, 6) is 0. The summed E-state index contributed by atoms with van der Waals surface area (Å²) in [6, 6.07) is 0.193. The van der Waals surface area contributed by atoms with Crippen molar-refractivity contribution in [2.24, 2.45) is 4.99 Å². The summed E-state index contributed by atoms with van der Waals surface area (Å²) >= 11 is 0. The van der Waals surface area contributed by atoms with Gasteiger partial charge in [-0.15, -0.1) is 0 Å². The number of aliphatic imine (C=N–C) groups is 1. The Bertz CT molecular complexity index is 279. The highest BCUT2D eigenvalue weighted by Gasteiger charge is 2.32. The van der Waals surface area contributed by atoms with Crippen LogP contribution in [0.4, 0.5) is 4.79 Å². The summed E-state index contributed by atoms with van der Waals surface area (Å²) in [5.41, 5.74) is 0.636. The summed E-state index contributed by atoms with van der Waals surface area (Å²) in [7, 11) is 1.76. The minimum atomic E-state index is -0.428. The Morgan fingerprint density at radius 3 is 2.53 bits per heavy atom. The topological polar surface area (TPSA) is 41.9 Å². The molecular formula is C11H20N2O2. The van der Waals surface area contributed by atoms with E-state index in [1.165, 1.54) is 0 Å². The fourth-order valence-electron chi connectivity index (χ4n) is 1.60. The number of carbonyl (C=O) groups is 1. The molecule has 1 aliphatic heterocycles. The number of hydrogen-bond acceptors (Lipinski definition) is 3. The number of hydrogen-bond donors (Lipinski definition) is 0. The molecule has 0 spiro atoms. The van der Waals surface area contributed by atoms with Gasteiger partial charge in [-0.05, 0) is 27.7 Å². The second-order valence-electron chi connectivity index (χ2n) is 4.95. The molecule has 1 fully saturated rings. The highest BCUT2D eigenvalue weighted by molar-refractivity contribution is 5.92. The molecule has 15 heavy (non-hydrogen) atoms. The predicted octanol–water partition coefficient (Wildman–Crippen LogP) is 2.09. The predicted molar refractivity (Wildman–Crippen MR) is 60.4 cm³/mol. The van der Waals surface area contributed by atoms with Crippen LogP contribution in [0.5, 0.6) is 0 Å². The molecule has 86 valence electrons. The lowest BCUT2D eigenvalue weighted by Gasteiger charge is -2.26. The molecule has 0 unspecified atom stereocenters. The van der Waals surface area contributed by atoms with E-state index in [2.05, 4.69) is 4.99 Å². The van der Waals surface area contributed by atoms with Crippen LogP contribution in [0.1, 0.15) is 34.1 Å². The first-order chi connectivity index (χ1) is 6.83. The summed E-state index contributed by atoms with van der Waals surface area (Å²) in [5, 5.41) is 0. The van der Waals surface area contributed by atoms with Crippen LogP contribution in [0.25, 0.3) is 0 Å². The molecule has 1 atom stereocenters. The quantitative estimate of drug-likeness (QED) is 0.617. The van der Waals surface area contributed by atoms with Gasteiger partial charge in [-0.3, -0.25) is 9.89 Å². The molecule has 4 heteroatoms. The number of amides is 1. The molecule has 0 radical (unpaired) electrons. The molecule has 1 saturated heterocycles. The zero-order chi connectivity index (χ0) is 11.6. The van der Waals surface area contributed by atoms with Gasteiger partial charge < -0.3 is 4.74 Å². The van der Waals surface area contributed by atoms with Crippen molar-refractivity contribution < 1.29 is 9.53 Å². The van der Waals surface area contributed by atoms with Crippen LogP contribution in [0.15, 0.2) is 4.99 Å². The van der Waals surface area contributed by atoms with Gasteiger partial charge in [0.25, 0.3) is 0 Å². The van der Waals surface area contributed by atoms with Crippen molar-refractivity contribution >= 4 is 11.8 Å². The van der Waals surface area contributed by atoms with Crippen LogP contribution in [0, 0.1) is 0 Å². The van der Waals surface area contributed by atoms with Crippen LogP contribution in [0.3, 0.4) is 0 Å². The lowest BCUT2D eigenvalue weighted by Crippen LogP contribution is -2.38. The lowest BCUT2D eigenvalue weighted by atomic mass is 10.2. The molecule has 1 aliphatic rings. The zero-order valence-electron chi connectivity index (χ0n) is 10.2. The van der Waals surface area contributed by atoms with Crippen molar-refractivity contribution in [1.29, 1.82) is 0 Å². The molecule has 0 aromatic carbocycles. The van der Waals surface area contributed by atoms with Gasteiger partial charge in [0.1, 0.15) is 5.60 Å². The van der Waals surface area contributed by atoms with Crippen molar-refractivity contribution in [3.63, 3.8) is 0 Å². The molecule has 0 aliphatic carbocycles. The fraction of sp³-hybridized carbons (Fsp3) is 0.818. The molecule has 0 aromatic rings. The highest BCUT2D eigenvalue weighted by Crippen LogP contribution is 2.18. The lowest BCUT2D eigenvalue weighted by molar-refractivity contribution is 0.0245. The minimum absolute atomic E-state index is 0.193. The van der Waals surface area contributed by atoms with Crippen molar-refractivity contribution in [3.05, 3.63) is 0 Å². The van der Waals surface area contributed by atoms with Gasteiger partial charge in [-0.2, -0.15) is 0 Å². The Balaban J connectivity index is 2.62. The van der Waals surface area contributed by atoms with Crippen molar-refractivity contribution in [3.8, 4) is 0 Å².